The first-order valence-electron chi connectivity index (χ1n) is 10.0. The van der Waals surface area contributed by atoms with Gasteiger partial charge in [0, 0.05) is 25.7 Å². The molecule has 3 heterocycles. The van der Waals surface area contributed by atoms with Gasteiger partial charge in [0.25, 0.3) is 5.89 Å². The van der Waals surface area contributed by atoms with Crippen molar-refractivity contribution in [3.8, 4) is 11.5 Å². The monoisotopic (exact) mass is 414 g/mol. The number of benzene rings is 1. The number of carbonyl (C=O) groups excluding carboxylic acids is 1. The molecule has 0 radical (unpaired) electrons. The van der Waals surface area contributed by atoms with E-state index in [-0.39, 0.29) is 18.8 Å². The van der Waals surface area contributed by atoms with E-state index in [0.717, 1.165) is 29.4 Å². The number of amides is 1. The molecule has 0 saturated carbocycles. The molecule has 1 amide bonds. The largest absolute Gasteiger partial charge is 0.444 e. The topological polar surface area (TPSA) is 108 Å². The molecule has 3 aromatic rings. The van der Waals surface area contributed by atoms with Crippen molar-refractivity contribution in [1.82, 2.24) is 30.0 Å². The van der Waals surface area contributed by atoms with Crippen molar-refractivity contribution in [3.05, 3.63) is 24.0 Å². The quantitative estimate of drug-likeness (QED) is 0.641. The molecule has 30 heavy (non-hydrogen) atoms. The van der Waals surface area contributed by atoms with Gasteiger partial charge < -0.3 is 18.9 Å². The van der Waals surface area contributed by atoms with Gasteiger partial charge >= 0.3 is 6.09 Å². The van der Waals surface area contributed by atoms with E-state index >= 15 is 0 Å². The van der Waals surface area contributed by atoms with E-state index in [4.69, 9.17) is 14.0 Å². The third-order valence-corrected chi connectivity index (χ3v) is 4.87. The summed E-state index contributed by atoms with van der Waals surface area (Å²) in [6, 6.07) is 5.69. The van der Waals surface area contributed by atoms with Gasteiger partial charge in [-0.05, 0) is 51.8 Å². The summed E-state index contributed by atoms with van der Waals surface area (Å²) in [4.78, 5) is 18.3. The molecule has 0 spiro atoms. The molecule has 160 valence electrons. The fourth-order valence-electron chi connectivity index (χ4n) is 3.33. The average molecular weight is 414 g/mol. The van der Waals surface area contributed by atoms with Crippen LogP contribution in [0.4, 0.5) is 4.79 Å². The fraction of sp³-hybridized carbons (Fsp3) is 0.550. The second-order valence-electron chi connectivity index (χ2n) is 8.41. The normalized spacial score (nSPS) is 15.7. The summed E-state index contributed by atoms with van der Waals surface area (Å²) < 4.78 is 18.4. The molecule has 0 atom stereocenters. The zero-order valence-electron chi connectivity index (χ0n) is 17.7. The lowest BCUT2D eigenvalue weighted by molar-refractivity contribution is -0.0190. The molecule has 2 aromatic heterocycles. The first-order valence-corrected chi connectivity index (χ1v) is 10.0. The van der Waals surface area contributed by atoms with Crippen molar-refractivity contribution < 1.29 is 18.8 Å². The summed E-state index contributed by atoms with van der Waals surface area (Å²) in [6.45, 7) is 7.07. The van der Waals surface area contributed by atoms with Crippen LogP contribution in [0.25, 0.3) is 22.5 Å². The van der Waals surface area contributed by atoms with E-state index < -0.39 is 5.60 Å². The van der Waals surface area contributed by atoms with Crippen LogP contribution in [0.1, 0.15) is 39.4 Å². The Morgan fingerprint density at radius 2 is 2.03 bits per heavy atom. The van der Waals surface area contributed by atoms with Crippen molar-refractivity contribution in [2.45, 2.75) is 51.9 Å². The van der Waals surface area contributed by atoms with Crippen LogP contribution in [-0.2, 0) is 23.1 Å². The van der Waals surface area contributed by atoms with Crippen LogP contribution in [0.3, 0.4) is 0 Å². The van der Waals surface area contributed by atoms with Gasteiger partial charge in [0.05, 0.1) is 11.6 Å². The maximum absolute atomic E-state index is 12.1. The number of aromatic nitrogens is 5. The molecule has 4 rings (SSSR count). The number of ether oxygens (including phenoxy) is 2. The molecule has 1 aromatic carbocycles. The molecular formula is C20H26N6O4. The molecule has 0 aliphatic carbocycles. The molecule has 1 aliphatic heterocycles. The highest BCUT2D eigenvalue weighted by Crippen LogP contribution is 2.23. The molecule has 10 heteroatoms. The summed E-state index contributed by atoms with van der Waals surface area (Å²) in [6.07, 6.45) is 1.26. The van der Waals surface area contributed by atoms with Crippen molar-refractivity contribution in [2.24, 2.45) is 7.05 Å². The predicted octanol–water partition coefficient (Wildman–Crippen LogP) is 2.93. The minimum atomic E-state index is -0.488. The summed E-state index contributed by atoms with van der Waals surface area (Å²) in [5, 5.41) is 12.1. The summed E-state index contributed by atoms with van der Waals surface area (Å²) in [7, 11) is 1.84. The summed E-state index contributed by atoms with van der Waals surface area (Å²) in [5.74, 6) is 0.903. The van der Waals surface area contributed by atoms with Crippen LogP contribution in [0.5, 0.6) is 0 Å². The zero-order valence-corrected chi connectivity index (χ0v) is 17.7. The maximum atomic E-state index is 12.1. The van der Waals surface area contributed by atoms with E-state index in [0.29, 0.717) is 24.8 Å². The maximum Gasteiger partial charge on any atom is 0.410 e. The summed E-state index contributed by atoms with van der Waals surface area (Å²) in [5.41, 5.74) is 1.99. The first-order chi connectivity index (χ1) is 14.3. The van der Waals surface area contributed by atoms with Crippen LogP contribution in [0.2, 0.25) is 0 Å². The third-order valence-electron chi connectivity index (χ3n) is 4.87. The molecule has 0 bridgehead atoms. The summed E-state index contributed by atoms with van der Waals surface area (Å²) >= 11 is 0. The molecule has 1 fully saturated rings. The van der Waals surface area contributed by atoms with E-state index in [1.165, 1.54) is 0 Å². The third kappa shape index (κ3) is 4.59. The Kier molecular flexibility index (Phi) is 5.42. The Morgan fingerprint density at radius 1 is 1.27 bits per heavy atom. The zero-order chi connectivity index (χ0) is 21.3. The molecule has 10 nitrogen and oxygen atoms in total. The van der Waals surface area contributed by atoms with Gasteiger partial charge in [-0.1, -0.05) is 10.4 Å². The number of nitrogens with zero attached hydrogens (tertiary/aromatic N) is 6. The number of aryl methyl sites for hydroxylation is 1. The Balaban J connectivity index is 1.29. The van der Waals surface area contributed by atoms with E-state index in [2.05, 4.69) is 20.5 Å². The van der Waals surface area contributed by atoms with Crippen LogP contribution in [-0.4, -0.2) is 60.9 Å². The lowest BCUT2D eigenvalue weighted by Crippen LogP contribution is -2.43. The number of hydrogen-bond acceptors (Lipinski definition) is 8. The smallest absolute Gasteiger partial charge is 0.410 e. The van der Waals surface area contributed by atoms with Crippen molar-refractivity contribution in [2.75, 3.05) is 13.1 Å². The average Bonchev–Trinajstić information content (AvgIpc) is 3.32. The van der Waals surface area contributed by atoms with Gasteiger partial charge in [-0.2, -0.15) is 4.98 Å². The van der Waals surface area contributed by atoms with Crippen LogP contribution in [0.15, 0.2) is 22.7 Å². The Morgan fingerprint density at radius 3 is 2.77 bits per heavy atom. The highest BCUT2D eigenvalue weighted by atomic mass is 16.6. The molecular weight excluding hydrogens is 388 g/mol. The number of piperidine rings is 1. The highest BCUT2D eigenvalue weighted by Gasteiger charge is 2.27. The van der Waals surface area contributed by atoms with Gasteiger partial charge in [-0.3, -0.25) is 0 Å². The van der Waals surface area contributed by atoms with E-state index in [1.54, 1.807) is 9.58 Å². The Bertz CT molecular complexity index is 1030. The number of rotatable bonds is 4. The van der Waals surface area contributed by atoms with Crippen molar-refractivity contribution >= 4 is 17.1 Å². The number of fused-ring (bicyclic) bond motifs is 1. The van der Waals surface area contributed by atoms with E-state index in [1.807, 2.05) is 46.0 Å². The van der Waals surface area contributed by atoms with Gasteiger partial charge in [0.2, 0.25) is 0 Å². The van der Waals surface area contributed by atoms with Gasteiger partial charge in [0.15, 0.2) is 5.82 Å². The lowest BCUT2D eigenvalue weighted by atomic mass is 10.1. The van der Waals surface area contributed by atoms with Crippen LogP contribution >= 0.6 is 0 Å². The number of hydrogen-bond donors (Lipinski definition) is 0. The second kappa shape index (κ2) is 8.02. The predicted molar refractivity (Wildman–Crippen MR) is 107 cm³/mol. The minimum Gasteiger partial charge on any atom is -0.444 e. The lowest BCUT2D eigenvalue weighted by Gasteiger charge is -2.33. The van der Waals surface area contributed by atoms with E-state index in [9.17, 15) is 4.79 Å². The Labute approximate surface area is 174 Å². The number of carbonyl (C=O) groups is 1. The molecule has 0 unspecified atom stereocenters. The van der Waals surface area contributed by atoms with Gasteiger partial charge in [-0.15, -0.1) is 5.10 Å². The molecule has 0 N–H and O–H groups in total. The minimum absolute atomic E-state index is 0.0431. The molecule has 1 aliphatic rings. The van der Waals surface area contributed by atoms with Gasteiger partial charge in [-0.25, -0.2) is 9.48 Å². The van der Waals surface area contributed by atoms with Crippen LogP contribution < -0.4 is 0 Å². The second-order valence-corrected chi connectivity index (χ2v) is 8.41. The Hall–Kier alpha value is -3.01. The van der Waals surface area contributed by atoms with Crippen molar-refractivity contribution in [1.29, 1.82) is 0 Å². The van der Waals surface area contributed by atoms with Crippen molar-refractivity contribution in [3.63, 3.8) is 0 Å². The van der Waals surface area contributed by atoms with Gasteiger partial charge in [0.1, 0.15) is 17.7 Å². The highest BCUT2D eigenvalue weighted by molar-refractivity contribution is 5.79. The fourth-order valence-corrected chi connectivity index (χ4v) is 3.33. The SMILES string of the molecule is Cn1nnc2cc(-c3nc(COC4CCN(C(=O)OC(C)(C)C)CC4)no3)ccc21. The first kappa shape index (κ1) is 20.3. The number of likely N-dealkylation sites (tertiary alicyclic amines) is 1. The molecule has 1 saturated heterocycles. The van der Waals surface area contributed by atoms with Crippen LogP contribution in [0, 0.1) is 0 Å². The standard InChI is InChI=1S/C20H26N6O4/c1-20(2,3)29-19(27)26-9-7-14(8-10-26)28-12-17-21-18(30-23-17)13-5-6-16-15(11-13)22-24-25(16)4/h5-6,11,14H,7-10,12H2,1-4H3.